The molecule has 0 radical (unpaired) electrons. The zero-order chi connectivity index (χ0) is 18.8. The van der Waals surface area contributed by atoms with E-state index in [0.29, 0.717) is 0 Å². The lowest BCUT2D eigenvalue weighted by atomic mass is 9.95. The van der Waals surface area contributed by atoms with Crippen molar-refractivity contribution < 1.29 is 4.79 Å². The molecule has 4 rings (SSSR count). The number of aromatic nitrogens is 4. The van der Waals surface area contributed by atoms with E-state index in [-0.39, 0.29) is 17.9 Å². The second-order valence-electron chi connectivity index (χ2n) is 7.11. The molecule has 1 aliphatic heterocycles. The molecule has 1 aromatic carbocycles. The Balaban J connectivity index is 1.36. The molecule has 27 heavy (non-hydrogen) atoms. The van der Waals surface area contributed by atoms with Crippen LogP contribution in [-0.2, 0) is 4.79 Å². The van der Waals surface area contributed by atoms with E-state index in [1.807, 2.05) is 56.3 Å². The van der Waals surface area contributed by atoms with Gasteiger partial charge in [-0.2, -0.15) is 4.52 Å². The minimum atomic E-state index is 0.0255. The van der Waals surface area contributed by atoms with Gasteiger partial charge in [-0.05, 0) is 44.4 Å². The Labute approximate surface area is 158 Å². The van der Waals surface area contributed by atoms with Crippen LogP contribution in [0.5, 0.6) is 0 Å². The minimum Gasteiger partial charge on any atom is -0.355 e. The highest BCUT2D eigenvalue weighted by Crippen LogP contribution is 2.23. The van der Waals surface area contributed by atoms with E-state index in [1.54, 1.807) is 4.52 Å². The Hall–Kier alpha value is -2.96. The molecule has 1 saturated heterocycles. The Morgan fingerprint density at radius 1 is 1.11 bits per heavy atom. The third-order valence-electron chi connectivity index (χ3n) is 5.25. The van der Waals surface area contributed by atoms with Crippen LogP contribution in [0.25, 0.3) is 5.65 Å². The number of carbonyl (C=O) groups excluding carboxylic acids is 1. The summed E-state index contributed by atoms with van der Waals surface area (Å²) in [7, 11) is 0. The second-order valence-corrected chi connectivity index (χ2v) is 7.11. The van der Waals surface area contributed by atoms with Crippen molar-refractivity contribution >= 4 is 17.4 Å². The monoisotopic (exact) mass is 364 g/mol. The van der Waals surface area contributed by atoms with Crippen LogP contribution in [0.15, 0.2) is 42.5 Å². The van der Waals surface area contributed by atoms with Crippen LogP contribution in [0.4, 0.5) is 5.82 Å². The molecule has 0 spiro atoms. The maximum absolute atomic E-state index is 12.6. The standard InChI is InChI=1S/C20H24N6O/c1-14(16-6-4-3-5-7-16)21-20(27)17-10-12-25(13-11-17)19-9-8-18-23-22-15(2)26(18)24-19/h3-9,14,17H,10-13H2,1-2H3,(H,21,27)/t14-/m0/s1. The van der Waals surface area contributed by atoms with Crippen LogP contribution in [-0.4, -0.2) is 38.8 Å². The molecular weight excluding hydrogens is 340 g/mol. The van der Waals surface area contributed by atoms with Gasteiger partial charge in [-0.15, -0.1) is 15.3 Å². The summed E-state index contributed by atoms with van der Waals surface area (Å²) in [5.74, 6) is 1.87. The van der Waals surface area contributed by atoms with Gasteiger partial charge in [0.25, 0.3) is 0 Å². The summed E-state index contributed by atoms with van der Waals surface area (Å²) in [6, 6.07) is 14.0. The molecule has 3 aromatic rings. The highest BCUT2D eigenvalue weighted by molar-refractivity contribution is 5.79. The van der Waals surface area contributed by atoms with Crippen molar-refractivity contribution in [3.8, 4) is 0 Å². The quantitative estimate of drug-likeness (QED) is 0.770. The minimum absolute atomic E-state index is 0.0255. The second kappa shape index (κ2) is 7.34. The zero-order valence-corrected chi connectivity index (χ0v) is 15.7. The lowest BCUT2D eigenvalue weighted by Gasteiger charge is -2.32. The predicted molar refractivity (Wildman–Crippen MR) is 103 cm³/mol. The maximum Gasteiger partial charge on any atom is 0.223 e. The van der Waals surface area contributed by atoms with Crippen molar-refractivity contribution in [2.45, 2.75) is 32.7 Å². The van der Waals surface area contributed by atoms with Gasteiger partial charge in [-0.1, -0.05) is 30.3 Å². The first-order valence-corrected chi connectivity index (χ1v) is 9.41. The average Bonchev–Trinajstić information content (AvgIpc) is 3.09. The Kier molecular flexibility index (Phi) is 4.75. The summed E-state index contributed by atoms with van der Waals surface area (Å²) < 4.78 is 1.76. The van der Waals surface area contributed by atoms with E-state index in [4.69, 9.17) is 0 Å². The number of nitrogens with one attached hydrogen (secondary N) is 1. The molecule has 7 nitrogen and oxygen atoms in total. The number of hydrogen-bond donors (Lipinski definition) is 1. The molecule has 0 unspecified atom stereocenters. The van der Waals surface area contributed by atoms with Crippen molar-refractivity contribution in [2.75, 3.05) is 18.0 Å². The molecule has 1 atom stereocenters. The van der Waals surface area contributed by atoms with E-state index >= 15 is 0 Å². The number of benzene rings is 1. The Bertz CT molecular complexity index is 930. The third-order valence-corrected chi connectivity index (χ3v) is 5.25. The molecule has 0 bridgehead atoms. The first-order chi connectivity index (χ1) is 13.1. The predicted octanol–water partition coefficient (Wildman–Crippen LogP) is 2.53. The molecular formula is C20H24N6O. The van der Waals surface area contributed by atoms with Crippen molar-refractivity contribution in [1.29, 1.82) is 0 Å². The number of hydrogen-bond acceptors (Lipinski definition) is 5. The number of fused-ring (bicyclic) bond motifs is 1. The van der Waals surface area contributed by atoms with Gasteiger partial charge in [0.1, 0.15) is 5.82 Å². The Morgan fingerprint density at radius 3 is 2.59 bits per heavy atom. The van der Waals surface area contributed by atoms with E-state index in [1.165, 1.54) is 0 Å². The molecule has 1 fully saturated rings. The summed E-state index contributed by atoms with van der Waals surface area (Å²) in [6.45, 7) is 5.55. The van der Waals surface area contributed by atoms with Gasteiger partial charge in [0, 0.05) is 19.0 Å². The van der Waals surface area contributed by atoms with E-state index in [2.05, 4.69) is 25.5 Å². The largest absolute Gasteiger partial charge is 0.355 e. The molecule has 3 heterocycles. The van der Waals surface area contributed by atoms with Gasteiger partial charge in [-0.25, -0.2) is 0 Å². The lowest BCUT2D eigenvalue weighted by molar-refractivity contribution is -0.126. The average molecular weight is 364 g/mol. The molecule has 0 aliphatic carbocycles. The van der Waals surface area contributed by atoms with Crippen LogP contribution < -0.4 is 10.2 Å². The lowest BCUT2D eigenvalue weighted by Crippen LogP contribution is -2.41. The number of piperidine rings is 1. The first kappa shape index (κ1) is 17.5. The number of anilines is 1. The van der Waals surface area contributed by atoms with E-state index in [0.717, 1.165) is 48.8 Å². The summed E-state index contributed by atoms with van der Waals surface area (Å²) >= 11 is 0. The van der Waals surface area contributed by atoms with Gasteiger partial charge < -0.3 is 10.2 Å². The highest BCUT2D eigenvalue weighted by Gasteiger charge is 2.26. The van der Waals surface area contributed by atoms with Gasteiger partial charge >= 0.3 is 0 Å². The topological polar surface area (TPSA) is 75.4 Å². The first-order valence-electron chi connectivity index (χ1n) is 9.41. The number of nitrogens with zero attached hydrogens (tertiary/aromatic N) is 5. The van der Waals surface area contributed by atoms with Crippen LogP contribution in [0.1, 0.15) is 37.2 Å². The van der Waals surface area contributed by atoms with Crippen LogP contribution >= 0.6 is 0 Å². The molecule has 140 valence electrons. The summed E-state index contributed by atoms with van der Waals surface area (Å²) in [6.07, 6.45) is 1.66. The normalized spacial score (nSPS) is 16.4. The zero-order valence-electron chi connectivity index (χ0n) is 15.7. The molecule has 1 N–H and O–H groups in total. The fourth-order valence-corrected chi connectivity index (χ4v) is 3.58. The van der Waals surface area contributed by atoms with Gasteiger partial charge in [0.15, 0.2) is 11.5 Å². The summed E-state index contributed by atoms with van der Waals surface area (Å²) in [5.41, 5.74) is 1.88. The van der Waals surface area contributed by atoms with Crippen LogP contribution in [0, 0.1) is 12.8 Å². The Morgan fingerprint density at radius 2 is 1.85 bits per heavy atom. The molecule has 1 amide bonds. The van der Waals surface area contributed by atoms with E-state index in [9.17, 15) is 4.79 Å². The fourth-order valence-electron chi connectivity index (χ4n) is 3.58. The van der Waals surface area contributed by atoms with Crippen molar-refractivity contribution in [3.63, 3.8) is 0 Å². The fraction of sp³-hybridized carbons (Fsp3) is 0.400. The van der Waals surface area contributed by atoms with E-state index < -0.39 is 0 Å². The summed E-state index contributed by atoms with van der Waals surface area (Å²) in [4.78, 5) is 14.9. The number of aryl methyl sites for hydroxylation is 1. The third kappa shape index (κ3) is 3.63. The summed E-state index contributed by atoms with van der Waals surface area (Å²) in [5, 5.41) is 15.9. The smallest absolute Gasteiger partial charge is 0.223 e. The van der Waals surface area contributed by atoms with Crippen LogP contribution in [0.3, 0.4) is 0 Å². The molecule has 2 aromatic heterocycles. The molecule has 0 saturated carbocycles. The maximum atomic E-state index is 12.6. The van der Waals surface area contributed by atoms with Crippen molar-refractivity contribution in [3.05, 3.63) is 53.9 Å². The molecule has 7 heteroatoms. The molecule has 1 aliphatic rings. The SMILES string of the molecule is Cc1nnc2ccc(N3CCC(C(=O)N[C@@H](C)c4ccccc4)CC3)nn12. The number of rotatable bonds is 4. The van der Waals surface area contributed by atoms with Gasteiger partial charge in [-0.3, -0.25) is 4.79 Å². The van der Waals surface area contributed by atoms with Crippen LogP contribution in [0.2, 0.25) is 0 Å². The van der Waals surface area contributed by atoms with Crippen molar-refractivity contribution in [1.82, 2.24) is 25.1 Å². The van der Waals surface area contributed by atoms with Crippen molar-refractivity contribution in [2.24, 2.45) is 5.92 Å². The van der Waals surface area contributed by atoms with Gasteiger partial charge in [0.2, 0.25) is 5.91 Å². The number of amides is 1. The number of carbonyl (C=O) groups is 1. The van der Waals surface area contributed by atoms with Gasteiger partial charge in [0.05, 0.1) is 6.04 Å². The highest BCUT2D eigenvalue weighted by atomic mass is 16.1.